The van der Waals surface area contributed by atoms with Gasteiger partial charge in [-0.3, -0.25) is 9.59 Å². The minimum absolute atomic E-state index is 0.105. The normalized spacial score (nSPS) is 11.6. The van der Waals surface area contributed by atoms with Gasteiger partial charge in [0.1, 0.15) is 5.82 Å². The van der Waals surface area contributed by atoms with Gasteiger partial charge in [-0.05, 0) is 48.0 Å². The molecule has 0 N–H and O–H groups in total. The van der Waals surface area contributed by atoms with Crippen LogP contribution < -0.4 is 5.56 Å². The van der Waals surface area contributed by atoms with Crippen molar-refractivity contribution in [2.45, 2.75) is 0 Å². The first-order chi connectivity index (χ1) is 16.0. The number of pyridine rings is 1. The van der Waals surface area contributed by atoms with E-state index in [1.54, 1.807) is 31.3 Å². The molecule has 162 valence electrons. The molecule has 0 aliphatic carbocycles. The van der Waals surface area contributed by atoms with Crippen LogP contribution in [0.4, 0.5) is 0 Å². The van der Waals surface area contributed by atoms with Gasteiger partial charge >= 0.3 is 0 Å². The van der Waals surface area contributed by atoms with Crippen molar-refractivity contribution in [2.24, 2.45) is 14.1 Å². The van der Waals surface area contributed by atoms with E-state index in [-0.39, 0.29) is 16.9 Å². The fraction of sp³-hybridized carbons (Fsp3) is 0.0741. The average Bonchev–Trinajstić information content (AvgIpc) is 3.15. The third kappa shape index (κ3) is 3.56. The monoisotopic (exact) mass is 453 g/mol. The second-order valence-electron chi connectivity index (χ2n) is 7.86. The molecule has 6 heteroatoms. The molecule has 0 aliphatic heterocycles. The molecule has 5 aromatic rings. The number of benzene rings is 3. The lowest BCUT2D eigenvalue weighted by molar-refractivity contribution is 0.104. The Kier molecular flexibility index (Phi) is 5.19. The Morgan fingerprint density at radius 3 is 2.39 bits per heavy atom. The Bertz CT molecular complexity index is 1630. The van der Waals surface area contributed by atoms with Gasteiger partial charge in [0.2, 0.25) is 0 Å². The smallest absolute Gasteiger partial charge is 0.262 e. The SMILES string of the molecule is Cn1c(C=CC(=O)c2c(-c3ccccc3)c3cc(Cl)ccc3n(C)c2=O)nc2ccccc21. The van der Waals surface area contributed by atoms with Gasteiger partial charge in [0.05, 0.1) is 22.1 Å². The Morgan fingerprint density at radius 2 is 1.64 bits per heavy atom. The van der Waals surface area contributed by atoms with Gasteiger partial charge in [-0.25, -0.2) is 4.98 Å². The summed E-state index contributed by atoms with van der Waals surface area (Å²) in [4.78, 5) is 31.4. The molecule has 33 heavy (non-hydrogen) atoms. The molecule has 0 fully saturated rings. The highest BCUT2D eigenvalue weighted by molar-refractivity contribution is 6.31. The average molecular weight is 454 g/mol. The Balaban J connectivity index is 1.72. The summed E-state index contributed by atoms with van der Waals surface area (Å²) >= 11 is 6.30. The van der Waals surface area contributed by atoms with Gasteiger partial charge in [-0.15, -0.1) is 0 Å². The molecule has 0 amide bonds. The number of hydrogen-bond donors (Lipinski definition) is 0. The summed E-state index contributed by atoms with van der Waals surface area (Å²) in [5.41, 5.74) is 3.62. The molecule has 2 aromatic heterocycles. The number of fused-ring (bicyclic) bond motifs is 2. The number of hydrogen-bond acceptors (Lipinski definition) is 3. The van der Waals surface area contributed by atoms with Crippen molar-refractivity contribution in [2.75, 3.05) is 0 Å². The summed E-state index contributed by atoms with van der Waals surface area (Å²) in [6, 6.07) is 22.5. The predicted octanol–water partition coefficient (Wildman–Crippen LogP) is 5.64. The lowest BCUT2D eigenvalue weighted by Gasteiger charge is -2.15. The van der Waals surface area contributed by atoms with Crippen molar-refractivity contribution in [3.05, 3.63) is 106 Å². The number of halogens is 1. The molecule has 0 aliphatic rings. The number of allylic oxidation sites excluding steroid dienone is 1. The van der Waals surface area contributed by atoms with Crippen LogP contribution in [-0.2, 0) is 14.1 Å². The second-order valence-corrected chi connectivity index (χ2v) is 8.29. The van der Waals surface area contributed by atoms with Crippen LogP contribution in [-0.4, -0.2) is 19.9 Å². The van der Waals surface area contributed by atoms with E-state index in [0.717, 1.165) is 22.0 Å². The first-order valence-electron chi connectivity index (χ1n) is 10.5. The van der Waals surface area contributed by atoms with Gasteiger partial charge in [-0.2, -0.15) is 0 Å². The van der Waals surface area contributed by atoms with Gasteiger partial charge in [0.15, 0.2) is 5.78 Å². The molecule has 3 aromatic carbocycles. The maximum Gasteiger partial charge on any atom is 0.262 e. The van der Waals surface area contributed by atoms with E-state index < -0.39 is 0 Å². The minimum atomic E-state index is -0.386. The first-order valence-corrected chi connectivity index (χ1v) is 10.8. The van der Waals surface area contributed by atoms with E-state index >= 15 is 0 Å². The molecule has 5 rings (SSSR count). The highest BCUT2D eigenvalue weighted by Gasteiger charge is 2.21. The zero-order valence-corrected chi connectivity index (χ0v) is 18.9. The molecule has 2 heterocycles. The minimum Gasteiger partial charge on any atom is -0.328 e. The van der Waals surface area contributed by atoms with Crippen LogP contribution in [0.2, 0.25) is 5.02 Å². The first kappa shape index (κ1) is 20.9. The largest absolute Gasteiger partial charge is 0.328 e. The van der Waals surface area contributed by atoms with Crippen LogP contribution in [0.3, 0.4) is 0 Å². The third-order valence-electron chi connectivity index (χ3n) is 5.87. The predicted molar refractivity (Wildman–Crippen MR) is 134 cm³/mol. The van der Waals surface area contributed by atoms with Crippen molar-refractivity contribution in [1.82, 2.24) is 14.1 Å². The molecule has 0 atom stereocenters. The van der Waals surface area contributed by atoms with Crippen molar-refractivity contribution in [1.29, 1.82) is 0 Å². The quantitative estimate of drug-likeness (QED) is 0.261. The van der Waals surface area contributed by atoms with Gasteiger partial charge in [0.25, 0.3) is 5.56 Å². The fourth-order valence-electron chi connectivity index (χ4n) is 4.20. The van der Waals surface area contributed by atoms with Crippen LogP contribution in [0.15, 0.2) is 83.7 Å². The zero-order chi connectivity index (χ0) is 23.1. The molecule has 0 bridgehead atoms. The van der Waals surface area contributed by atoms with Crippen molar-refractivity contribution >= 4 is 45.4 Å². The standard InChI is InChI=1S/C27H20ClN3O2/c1-30-22-11-7-6-10-20(22)29-24(30)15-14-23(32)26-25(17-8-4-3-5-9-17)19-16-18(28)12-13-21(19)31(2)27(26)33/h3-16H,1-2H3. The van der Waals surface area contributed by atoms with Gasteiger partial charge in [0, 0.05) is 30.1 Å². The molecule has 0 radical (unpaired) electrons. The van der Waals surface area contributed by atoms with Crippen molar-refractivity contribution in [3.63, 3.8) is 0 Å². The number of ketones is 1. The lowest BCUT2D eigenvalue weighted by atomic mass is 9.93. The molecule has 0 spiro atoms. The molecular formula is C27H20ClN3O2. The summed E-state index contributed by atoms with van der Waals surface area (Å²) in [5, 5.41) is 1.28. The van der Waals surface area contributed by atoms with Crippen LogP contribution in [0, 0.1) is 0 Å². The van der Waals surface area contributed by atoms with Crippen LogP contribution in [0.1, 0.15) is 16.2 Å². The summed E-state index contributed by atoms with van der Waals surface area (Å²) in [6.45, 7) is 0. The second kappa shape index (κ2) is 8.19. The molecule has 0 saturated heterocycles. The van der Waals surface area contributed by atoms with Crippen LogP contribution in [0.25, 0.3) is 39.1 Å². The highest BCUT2D eigenvalue weighted by Crippen LogP contribution is 2.32. The van der Waals surface area contributed by atoms with E-state index in [0.29, 0.717) is 21.9 Å². The van der Waals surface area contributed by atoms with E-state index in [1.807, 2.05) is 66.2 Å². The maximum absolute atomic E-state index is 13.5. The summed E-state index contributed by atoms with van der Waals surface area (Å²) in [5.74, 6) is 0.245. The summed E-state index contributed by atoms with van der Waals surface area (Å²) in [6.07, 6.45) is 3.07. The Morgan fingerprint density at radius 1 is 0.909 bits per heavy atom. The number of aryl methyl sites for hydroxylation is 2. The van der Waals surface area contributed by atoms with Crippen molar-refractivity contribution < 1.29 is 4.79 Å². The number of nitrogens with zero attached hydrogens (tertiary/aromatic N) is 3. The van der Waals surface area contributed by atoms with E-state index in [2.05, 4.69) is 4.98 Å². The number of carbonyl (C=O) groups excluding carboxylic acids is 1. The number of rotatable bonds is 4. The summed E-state index contributed by atoms with van der Waals surface area (Å²) in [7, 11) is 3.56. The van der Waals surface area contributed by atoms with Crippen molar-refractivity contribution in [3.8, 4) is 11.1 Å². The molecule has 0 unspecified atom stereocenters. The topological polar surface area (TPSA) is 56.9 Å². The summed E-state index contributed by atoms with van der Waals surface area (Å²) < 4.78 is 3.41. The highest BCUT2D eigenvalue weighted by atomic mass is 35.5. The van der Waals surface area contributed by atoms with E-state index in [9.17, 15) is 9.59 Å². The fourth-order valence-corrected chi connectivity index (χ4v) is 4.37. The van der Waals surface area contributed by atoms with Gasteiger partial charge < -0.3 is 9.13 Å². The Labute approximate surface area is 195 Å². The van der Waals surface area contributed by atoms with Crippen LogP contribution in [0.5, 0.6) is 0 Å². The van der Waals surface area contributed by atoms with Crippen LogP contribution >= 0.6 is 11.6 Å². The lowest BCUT2D eigenvalue weighted by Crippen LogP contribution is -2.25. The number of imidazole rings is 1. The number of para-hydroxylation sites is 2. The zero-order valence-electron chi connectivity index (χ0n) is 18.1. The molecular weight excluding hydrogens is 434 g/mol. The van der Waals surface area contributed by atoms with Gasteiger partial charge in [-0.1, -0.05) is 54.1 Å². The maximum atomic E-state index is 13.5. The molecule has 0 saturated carbocycles. The number of aromatic nitrogens is 3. The van der Waals surface area contributed by atoms with E-state index in [1.165, 1.54) is 10.6 Å². The number of carbonyl (C=O) groups is 1. The third-order valence-corrected chi connectivity index (χ3v) is 6.11. The Hall–Kier alpha value is -3.96. The van der Waals surface area contributed by atoms with E-state index in [4.69, 9.17) is 11.6 Å². The molecule has 5 nitrogen and oxygen atoms in total.